The van der Waals surface area contributed by atoms with Crippen LogP contribution in [-0.2, 0) is 9.59 Å². The molecule has 1 rings (SSSR count). The van der Waals surface area contributed by atoms with Crippen molar-refractivity contribution in [2.45, 2.75) is 46.0 Å². The van der Waals surface area contributed by atoms with E-state index in [1.54, 1.807) is 11.8 Å². The first kappa shape index (κ1) is 14.0. The number of likely N-dealkylation sites (tertiary alicyclic amines) is 1. The standard InChI is InChI=1S/C13H24N2O2/c1-3-8-14(12(2)16)11-7-13(17)15-9-5-4-6-10-15/h3-11H2,1-2H3. The third kappa shape index (κ3) is 4.75. The van der Waals surface area contributed by atoms with E-state index in [9.17, 15) is 9.59 Å². The molecule has 0 bridgehead atoms. The summed E-state index contributed by atoms with van der Waals surface area (Å²) in [7, 11) is 0. The fraction of sp³-hybridized carbons (Fsp3) is 0.846. The summed E-state index contributed by atoms with van der Waals surface area (Å²) in [6.45, 7) is 6.73. The van der Waals surface area contributed by atoms with E-state index in [0.717, 1.165) is 38.9 Å². The molecule has 1 aliphatic rings. The Hall–Kier alpha value is -1.06. The molecular weight excluding hydrogens is 216 g/mol. The molecule has 0 aromatic heterocycles. The highest BCUT2D eigenvalue weighted by atomic mass is 16.2. The Kier molecular flexibility index (Phi) is 6.01. The van der Waals surface area contributed by atoms with Crippen LogP contribution in [0.5, 0.6) is 0 Å². The van der Waals surface area contributed by atoms with Crippen LogP contribution in [0.1, 0.15) is 46.0 Å². The van der Waals surface area contributed by atoms with Crippen LogP contribution >= 0.6 is 0 Å². The second-order valence-corrected chi connectivity index (χ2v) is 4.70. The Bertz CT molecular complexity index is 260. The van der Waals surface area contributed by atoms with Crippen LogP contribution in [0.2, 0.25) is 0 Å². The van der Waals surface area contributed by atoms with E-state index in [0.29, 0.717) is 13.0 Å². The molecule has 1 fully saturated rings. The average molecular weight is 240 g/mol. The fourth-order valence-corrected chi connectivity index (χ4v) is 2.23. The van der Waals surface area contributed by atoms with Gasteiger partial charge in [0, 0.05) is 39.5 Å². The Morgan fingerprint density at radius 3 is 2.29 bits per heavy atom. The molecule has 1 saturated heterocycles. The molecular formula is C13H24N2O2. The third-order valence-electron chi connectivity index (χ3n) is 3.24. The second kappa shape index (κ2) is 7.30. The van der Waals surface area contributed by atoms with Crippen LogP contribution in [0.25, 0.3) is 0 Å². The van der Waals surface area contributed by atoms with Crippen molar-refractivity contribution < 1.29 is 9.59 Å². The van der Waals surface area contributed by atoms with E-state index >= 15 is 0 Å². The van der Waals surface area contributed by atoms with Gasteiger partial charge in [-0.3, -0.25) is 9.59 Å². The van der Waals surface area contributed by atoms with E-state index < -0.39 is 0 Å². The van der Waals surface area contributed by atoms with Crippen molar-refractivity contribution in [2.24, 2.45) is 0 Å². The Morgan fingerprint density at radius 1 is 1.12 bits per heavy atom. The number of nitrogens with zero attached hydrogens (tertiary/aromatic N) is 2. The predicted octanol–water partition coefficient (Wildman–Crippen LogP) is 1.65. The molecule has 1 aliphatic heterocycles. The van der Waals surface area contributed by atoms with Gasteiger partial charge in [0.15, 0.2) is 0 Å². The second-order valence-electron chi connectivity index (χ2n) is 4.70. The lowest BCUT2D eigenvalue weighted by molar-refractivity contribution is -0.134. The van der Waals surface area contributed by atoms with Gasteiger partial charge in [0.25, 0.3) is 0 Å². The number of rotatable bonds is 5. The van der Waals surface area contributed by atoms with Gasteiger partial charge in [0.1, 0.15) is 0 Å². The molecule has 0 N–H and O–H groups in total. The summed E-state index contributed by atoms with van der Waals surface area (Å²) in [5.41, 5.74) is 0. The number of hydrogen-bond donors (Lipinski definition) is 0. The number of carbonyl (C=O) groups excluding carboxylic acids is 2. The van der Waals surface area contributed by atoms with Crippen molar-refractivity contribution in [3.63, 3.8) is 0 Å². The lowest BCUT2D eigenvalue weighted by atomic mass is 10.1. The van der Waals surface area contributed by atoms with Crippen LogP contribution in [0.3, 0.4) is 0 Å². The molecule has 1 heterocycles. The molecule has 0 saturated carbocycles. The molecule has 0 aromatic rings. The van der Waals surface area contributed by atoms with Gasteiger partial charge in [-0.25, -0.2) is 0 Å². The SMILES string of the molecule is CCCN(CCC(=O)N1CCCCC1)C(C)=O. The average Bonchev–Trinajstić information content (AvgIpc) is 2.34. The first-order chi connectivity index (χ1) is 8.15. The topological polar surface area (TPSA) is 40.6 Å². The van der Waals surface area contributed by atoms with Crippen molar-refractivity contribution in [1.29, 1.82) is 0 Å². The molecule has 98 valence electrons. The maximum absolute atomic E-state index is 11.9. The maximum atomic E-state index is 11.9. The van der Waals surface area contributed by atoms with Crippen LogP contribution < -0.4 is 0 Å². The van der Waals surface area contributed by atoms with Gasteiger partial charge >= 0.3 is 0 Å². The number of hydrogen-bond acceptors (Lipinski definition) is 2. The number of piperidine rings is 1. The molecule has 0 atom stereocenters. The van der Waals surface area contributed by atoms with E-state index in [4.69, 9.17) is 0 Å². The zero-order valence-corrected chi connectivity index (χ0v) is 11.1. The lowest BCUT2D eigenvalue weighted by Crippen LogP contribution is -2.39. The summed E-state index contributed by atoms with van der Waals surface area (Å²) in [6.07, 6.45) is 4.89. The minimum Gasteiger partial charge on any atom is -0.343 e. The van der Waals surface area contributed by atoms with Gasteiger partial charge in [-0.2, -0.15) is 0 Å². The summed E-state index contributed by atoms with van der Waals surface area (Å²) in [4.78, 5) is 26.9. The van der Waals surface area contributed by atoms with Gasteiger partial charge < -0.3 is 9.80 Å². The lowest BCUT2D eigenvalue weighted by Gasteiger charge is -2.28. The molecule has 17 heavy (non-hydrogen) atoms. The molecule has 4 heteroatoms. The first-order valence-corrected chi connectivity index (χ1v) is 6.68. The zero-order chi connectivity index (χ0) is 12.7. The monoisotopic (exact) mass is 240 g/mol. The number of amides is 2. The van der Waals surface area contributed by atoms with Crippen molar-refractivity contribution >= 4 is 11.8 Å². The first-order valence-electron chi connectivity index (χ1n) is 6.68. The zero-order valence-electron chi connectivity index (χ0n) is 11.1. The van der Waals surface area contributed by atoms with Crippen LogP contribution in [0, 0.1) is 0 Å². The summed E-state index contributed by atoms with van der Waals surface area (Å²) in [5.74, 6) is 0.269. The van der Waals surface area contributed by atoms with Gasteiger partial charge in [-0.05, 0) is 25.7 Å². The Morgan fingerprint density at radius 2 is 1.76 bits per heavy atom. The minimum atomic E-state index is 0.0679. The van der Waals surface area contributed by atoms with Gasteiger partial charge in [-0.15, -0.1) is 0 Å². The fourth-order valence-electron chi connectivity index (χ4n) is 2.23. The van der Waals surface area contributed by atoms with E-state index in [1.165, 1.54) is 6.42 Å². The van der Waals surface area contributed by atoms with E-state index in [1.807, 2.05) is 11.8 Å². The van der Waals surface area contributed by atoms with Crippen molar-refractivity contribution in [3.05, 3.63) is 0 Å². The molecule has 0 aliphatic carbocycles. The highest BCUT2D eigenvalue weighted by molar-refractivity contribution is 5.78. The molecule has 0 spiro atoms. The quantitative estimate of drug-likeness (QED) is 0.733. The third-order valence-corrected chi connectivity index (χ3v) is 3.24. The van der Waals surface area contributed by atoms with E-state index in [2.05, 4.69) is 0 Å². The largest absolute Gasteiger partial charge is 0.343 e. The highest BCUT2D eigenvalue weighted by Gasteiger charge is 2.17. The predicted molar refractivity (Wildman–Crippen MR) is 67.6 cm³/mol. The number of carbonyl (C=O) groups is 2. The normalized spacial score (nSPS) is 15.8. The minimum absolute atomic E-state index is 0.0679. The van der Waals surface area contributed by atoms with Gasteiger partial charge in [-0.1, -0.05) is 6.92 Å². The summed E-state index contributed by atoms with van der Waals surface area (Å²) in [5, 5.41) is 0. The highest BCUT2D eigenvalue weighted by Crippen LogP contribution is 2.10. The summed E-state index contributed by atoms with van der Waals surface area (Å²) < 4.78 is 0. The summed E-state index contributed by atoms with van der Waals surface area (Å²) >= 11 is 0. The molecule has 2 amide bonds. The van der Waals surface area contributed by atoms with Gasteiger partial charge in [0.05, 0.1) is 0 Å². The Labute approximate surface area is 104 Å². The Balaban J connectivity index is 2.32. The van der Waals surface area contributed by atoms with Crippen molar-refractivity contribution in [1.82, 2.24) is 9.80 Å². The van der Waals surface area contributed by atoms with Crippen LogP contribution in [0.15, 0.2) is 0 Å². The molecule has 4 nitrogen and oxygen atoms in total. The molecule has 0 aromatic carbocycles. The van der Waals surface area contributed by atoms with Crippen molar-refractivity contribution in [2.75, 3.05) is 26.2 Å². The summed E-state index contributed by atoms with van der Waals surface area (Å²) in [6, 6.07) is 0. The van der Waals surface area contributed by atoms with E-state index in [-0.39, 0.29) is 11.8 Å². The van der Waals surface area contributed by atoms with Crippen LogP contribution in [0.4, 0.5) is 0 Å². The van der Waals surface area contributed by atoms with Gasteiger partial charge in [0.2, 0.25) is 11.8 Å². The van der Waals surface area contributed by atoms with Crippen molar-refractivity contribution in [3.8, 4) is 0 Å². The molecule has 0 radical (unpaired) electrons. The smallest absolute Gasteiger partial charge is 0.224 e. The maximum Gasteiger partial charge on any atom is 0.224 e. The molecule has 0 unspecified atom stereocenters. The van der Waals surface area contributed by atoms with Crippen LogP contribution in [-0.4, -0.2) is 47.8 Å².